The van der Waals surface area contributed by atoms with Crippen LogP contribution in [0.1, 0.15) is 44.7 Å². The van der Waals surface area contributed by atoms with E-state index in [1.807, 2.05) is 44.2 Å². The minimum Gasteiger partial charge on any atom is -0.366 e. The molecule has 166 valence electrons. The maximum atomic E-state index is 14.6. The first kappa shape index (κ1) is 23.4. The van der Waals surface area contributed by atoms with Crippen LogP contribution in [0.5, 0.6) is 0 Å². The molecule has 5 nitrogen and oxygen atoms in total. The van der Waals surface area contributed by atoms with Crippen molar-refractivity contribution in [1.82, 2.24) is 5.01 Å². The first-order chi connectivity index (χ1) is 14.8. The molecular formula is C23H27F2N3O2S. The Morgan fingerprint density at radius 3 is 2.55 bits per heavy atom. The highest BCUT2D eigenvalue weighted by Crippen LogP contribution is 2.50. The van der Waals surface area contributed by atoms with Crippen molar-refractivity contribution in [2.75, 3.05) is 6.54 Å². The largest absolute Gasteiger partial charge is 0.366 e. The van der Waals surface area contributed by atoms with Crippen molar-refractivity contribution in [3.05, 3.63) is 71.3 Å². The number of hydrazone groups is 1. The first-order valence-electron chi connectivity index (χ1n) is 10.3. The smallest absolute Gasteiger partial charge is 0.273 e. The van der Waals surface area contributed by atoms with Crippen molar-refractivity contribution in [2.24, 2.45) is 10.8 Å². The van der Waals surface area contributed by atoms with Crippen LogP contribution in [0.4, 0.5) is 8.78 Å². The van der Waals surface area contributed by atoms with E-state index < -0.39 is 22.6 Å². The van der Waals surface area contributed by atoms with E-state index >= 15 is 0 Å². The minimum atomic E-state index is -0.944. The van der Waals surface area contributed by atoms with E-state index in [4.69, 9.17) is 10.5 Å². The molecule has 0 radical (unpaired) electrons. The molecule has 0 saturated heterocycles. The lowest BCUT2D eigenvalue weighted by Crippen LogP contribution is -2.46. The molecule has 3 rings (SSSR count). The fourth-order valence-electron chi connectivity index (χ4n) is 3.55. The van der Waals surface area contributed by atoms with E-state index in [1.54, 1.807) is 6.92 Å². The molecule has 0 spiro atoms. The third-order valence-electron chi connectivity index (χ3n) is 4.93. The molecule has 2 aromatic carbocycles. The lowest BCUT2D eigenvalue weighted by Gasteiger charge is -2.37. The van der Waals surface area contributed by atoms with E-state index in [2.05, 4.69) is 5.10 Å². The number of nitrogens with two attached hydrogens (primary N) is 1. The van der Waals surface area contributed by atoms with Gasteiger partial charge in [-0.05, 0) is 63.9 Å². The van der Waals surface area contributed by atoms with E-state index in [0.29, 0.717) is 19.4 Å². The molecule has 1 aliphatic rings. The quantitative estimate of drug-likeness (QED) is 0.642. The molecule has 0 saturated carbocycles. The molecule has 1 heterocycles. The highest BCUT2D eigenvalue weighted by Gasteiger charge is 2.49. The summed E-state index contributed by atoms with van der Waals surface area (Å²) in [5, 5.41) is 6.12. The van der Waals surface area contributed by atoms with Crippen LogP contribution >= 0.6 is 11.8 Å². The van der Waals surface area contributed by atoms with Crippen LogP contribution in [-0.4, -0.2) is 34.7 Å². The Kier molecular flexibility index (Phi) is 7.46. The number of hydrogen-bond acceptors (Lipinski definition) is 5. The number of rotatable bonds is 8. The van der Waals surface area contributed by atoms with E-state index in [1.165, 1.54) is 16.8 Å². The number of halogens is 2. The van der Waals surface area contributed by atoms with Crippen LogP contribution in [0.3, 0.4) is 0 Å². The first-order valence-corrected chi connectivity index (χ1v) is 11.1. The third-order valence-corrected chi connectivity index (χ3v) is 6.38. The molecule has 0 aliphatic carbocycles. The Bertz CT molecular complexity index is 955. The summed E-state index contributed by atoms with van der Waals surface area (Å²) in [6.07, 6.45) is 0.178. The lowest BCUT2D eigenvalue weighted by atomic mass is 10.00. The number of benzene rings is 2. The average molecular weight is 448 g/mol. The summed E-state index contributed by atoms with van der Waals surface area (Å²) in [7, 11) is 0. The van der Waals surface area contributed by atoms with E-state index in [0.717, 1.165) is 23.8 Å². The highest BCUT2D eigenvalue weighted by molar-refractivity contribution is 8.15. The zero-order valence-corrected chi connectivity index (χ0v) is 18.7. The van der Waals surface area contributed by atoms with Crippen LogP contribution < -0.4 is 5.73 Å². The van der Waals surface area contributed by atoms with E-state index in [-0.39, 0.29) is 22.6 Å². The summed E-state index contributed by atoms with van der Waals surface area (Å²) in [5.41, 5.74) is 6.64. The number of hydrogen-bond donors (Lipinski definition) is 1. The molecule has 1 aliphatic heterocycles. The molecule has 0 aromatic heterocycles. The summed E-state index contributed by atoms with van der Waals surface area (Å²) in [4.78, 5) is 12.5. The summed E-state index contributed by atoms with van der Waals surface area (Å²) in [5.74, 6) is -1.53. The van der Waals surface area contributed by atoms with Gasteiger partial charge in [-0.3, -0.25) is 4.79 Å². The molecule has 1 amide bonds. The third kappa shape index (κ3) is 4.97. The Morgan fingerprint density at radius 1 is 1.19 bits per heavy atom. The van der Waals surface area contributed by atoms with Crippen LogP contribution in [-0.2, 0) is 14.4 Å². The number of carbonyl (C=O) groups excluding carboxylic acids is 1. The Balaban J connectivity index is 2.13. The van der Waals surface area contributed by atoms with Gasteiger partial charge >= 0.3 is 0 Å². The molecule has 2 N–H and O–H groups in total. The van der Waals surface area contributed by atoms with E-state index in [9.17, 15) is 13.6 Å². The standard InChI is InChI=1S/C23H27F2N3O2S/c1-15(2)30-16(3)22(29)28-23(12-7-13-26,17-8-5-4-6-9-17)31-21(27-28)19-14-18(24)10-11-20(19)25/h4-6,8-11,14-16H,7,12-13,26H2,1-3H3/t16-,23?/m0/s1. The van der Waals surface area contributed by atoms with Gasteiger partial charge in [0, 0.05) is 5.56 Å². The second-order valence-corrected chi connectivity index (χ2v) is 8.92. The summed E-state index contributed by atoms with van der Waals surface area (Å²) < 4.78 is 34.2. The fourth-order valence-corrected chi connectivity index (χ4v) is 4.98. The number of amides is 1. The van der Waals surface area contributed by atoms with Crippen molar-refractivity contribution < 1.29 is 18.3 Å². The normalized spacial score (nSPS) is 19.6. The number of thioether (sulfide) groups is 1. The predicted molar refractivity (Wildman–Crippen MR) is 119 cm³/mol. The molecule has 31 heavy (non-hydrogen) atoms. The second-order valence-electron chi connectivity index (χ2n) is 7.65. The molecule has 2 aromatic rings. The van der Waals surface area contributed by atoms with Gasteiger partial charge in [-0.25, -0.2) is 13.8 Å². The molecule has 0 bridgehead atoms. The topological polar surface area (TPSA) is 67.9 Å². The summed E-state index contributed by atoms with van der Waals surface area (Å²) in [6, 6.07) is 12.6. The van der Waals surface area contributed by atoms with Gasteiger partial charge in [0.25, 0.3) is 5.91 Å². The fraction of sp³-hybridized carbons (Fsp3) is 0.391. The monoisotopic (exact) mass is 447 g/mol. The maximum absolute atomic E-state index is 14.6. The van der Waals surface area contributed by atoms with Crippen molar-refractivity contribution >= 4 is 22.7 Å². The van der Waals surface area contributed by atoms with Gasteiger partial charge in [0.05, 0.1) is 6.10 Å². The van der Waals surface area contributed by atoms with Gasteiger partial charge < -0.3 is 10.5 Å². The van der Waals surface area contributed by atoms with Crippen LogP contribution in [0.25, 0.3) is 0 Å². The van der Waals surface area contributed by atoms with Crippen molar-refractivity contribution in [3.8, 4) is 0 Å². The number of ether oxygens (including phenoxy) is 1. The summed E-state index contributed by atoms with van der Waals surface area (Å²) in [6.45, 7) is 5.78. The summed E-state index contributed by atoms with van der Waals surface area (Å²) >= 11 is 1.24. The Labute approximate surface area is 185 Å². The predicted octanol–water partition coefficient (Wildman–Crippen LogP) is 4.61. The van der Waals surface area contributed by atoms with Gasteiger partial charge in [0.15, 0.2) is 0 Å². The van der Waals surface area contributed by atoms with Crippen LogP contribution in [0.15, 0.2) is 53.6 Å². The zero-order chi connectivity index (χ0) is 22.6. The van der Waals surface area contributed by atoms with Gasteiger partial charge in [-0.15, -0.1) is 0 Å². The van der Waals surface area contributed by atoms with Crippen LogP contribution in [0.2, 0.25) is 0 Å². The number of carbonyl (C=O) groups is 1. The molecule has 2 atom stereocenters. The average Bonchev–Trinajstić information content (AvgIpc) is 3.14. The number of nitrogens with zero attached hydrogens (tertiary/aromatic N) is 2. The maximum Gasteiger partial charge on any atom is 0.273 e. The highest BCUT2D eigenvalue weighted by atomic mass is 32.2. The van der Waals surface area contributed by atoms with Crippen molar-refractivity contribution in [3.63, 3.8) is 0 Å². The Hall–Kier alpha value is -2.29. The lowest BCUT2D eigenvalue weighted by molar-refractivity contribution is -0.149. The molecule has 8 heteroatoms. The minimum absolute atomic E-state index is 0.0192. The molecule has 0 fully saturated rings. The van der Waals surface area contributed by atoms with Crippen molar-refractivity contribution in [1.29, 1.82) is 0 Å². The SMILES string of the molecule is CC(C)O[C@@H](C)C(=O)N1N=C(c2cc(F)ccc2F)SC1(CCCN)c1ccccc1. The zero-order valence-electron chi connectivity index (χ0n) is 17.8. The second kappa shape index (κ2) is 9.89. The van der Waals surface area contributed by atoms with Crippen LogP contribution in [0, 0.1) is 11.6 Å². The van der Waals surface area contributed by atoms with Gasteiger partial charge in [0.2, 0.25) is 0 Å². The molecule has 1 unspecified atom stereocenters. The Morgan fingerprint density at radius 2 is 1.90 bits per heavy atom. The van der Waals surface area contributed by atoms with Crippen molar-refractivity contribution in [2.45, 2.75) is 50.7 Å². The molecular weight excluding hydrogens is 420 g/mol. The van der Waals surface area contributed by atoms with Gasteiger partial charge in [-0.2, -0.15) is 5.10 Å². The van der Waals surface area contributed by atoms with Gasteiger partial charge in [-0.1, -0.05) is 42.1 Å². The van der Waals surface area contributed by atoms with Gasteiger partial charge in [0.1, 0.15) is 27.7 Å².